The normalized spacial score (nSPS) is 11.7. The molecule has 0 saturated carbocycles. The predicted octanol–water partition coefficient (Wildman–Crippen LogP) is 2.48. The summed E-state index contributed by atoms with van der Waals surface area (Å²) in [6.45, 7) is 2.67. The van der Waals surface area contributed by atoms with E-state index in [1.165, 1.54) is 0 Å². The summed E-state index contributed by atoms with van der Waals surface area (Å²) >= 11 is 7.43. The Morgan fingerprint density at radius 1 is 1.63 bits per heavy atom. The molecule has 1 rings (SSSR count). The van der Waals surface area contributed by atoms with Crippen LogP contribution in [-0.2, 0) is 4.79 Å². The minimum absolute atomic E-state index is 0.0880. The van der Waals surface area contributed by atoms with Gasteiger partial charge in [-0.3, -0.25) is 4.79 Å². The van der Waals surface area contributed by atoms with Crippen LogP contribution in [-0.4, -0.2) is 24.0 Å². The standard InChI is InChI=1S/C13H16ClN3OS/c1-9(5-15)7-19-8-13(18)17-11-3-2-10(6-16)12(14)4-11/h2-4,9H,5,7-8,15H2,1H3,(H,17,18). The number of carbonyl (C=O) groups is 1. The maximum atomic E-state index is 11.7. The van der Waals surface area contributed by atoms with E-state index in [0.29, 0.717) is 34.5 Å². The van der Waals surface area contributed by atoms with Crippen LogP contribution in [0.4, 0.5) is 5.69 Å². The van der Waals surface area contributed by atoms with Gasteiger partial charge in [0.1, 0.15) is 6.07 Å². The fraction of sp³-hybridized carbons (Fsp3) is 0.385. The molecule has 0 spiro atoms. The molecule has 0 aliphatic carbocycles. The summed E-state index contributed by atoms with van der Waals surface area (Å²) in [6.07, 6.45) is 0. The SMILES string of the molecule is CC(CN)CSCC(=O)Nc1ccc(C#N)c(Cl)c1. The summed E-state index contributed by atoms with van der Waals surface area (Å²) < 4.78 is 0. The second-order valence-electron chi connectivity index (χ2n) is 4.21. The van der Waals surface area contributed by atoms with Gasteiger partial charge in [0.15, 0.2) is 0 Å². The van der Waals surface area contributed by atoms with E-state index in [1.807, 2.05) is 13.0 Å². The Balaban J connectivity index is 2.45. The molecule has 1 amide bonds. The lowest BCUT2D eigenvalue weighted by Gasteiger charge is -2.08. The van der Waals surface area contributed by atoms with Crippen molar-refractivity contribution in [1.29, 1.82) is 5.26 Å². The van der Waals surface area contributed by atoms with Gasteiger partial charge in [-0.25, -0.2) is 0 Å². The Hall–Kier alpha value is -1.22. The first kappa shape index (κ1) is 15.8. The lowest BCUT2D eigenvalue weighted by atomic mass is 10.2. The van der Waals surface area contributed by atoms with Crippen LogP contribution in [0.1, 0.15) is 12.5 Å². The molecule has 3 N–H and O–H groups in total. The van der Waals surface area contributed by atoms with Crippen LogP contribution < -0.4 is 11.1 Å². The van der Waals surface area contributed by atoms with Gasteiger partial charge in [0.05, 0.1) is 16.3 Å². The van der Waals surface area contributed by atoms with Crippen molar-refractivity contribution in [2.45, 2.75) is 6.92 Å². The molecule has 1 aromatic rings. The molecule has 0 saturated heterocycles. The lowest BCUT2D eigenvalue weighted by molar-refractivity contribution is -0.113. The number of nitriles is 1. The highest BCUT2D eigenvalue weighted by atomic mass is 35.5. The van der Waals surface area contributed by atoms with Crippen LogP contribution in [0.3, 0.4) is 0 Å². The number of carbonyl (C=O) groups excluding carboxylic acids is 1. The van der Waals surface area contributed by atoms with Crippen LogP contribution in [0, 0.1) is 17.2 Å². The summed E-state index contributed by atoms with van der Waals surface area (Å²) in [5.41, 5.74) is 6.49. The van der Waals surface area contributed by atoms with Gasteiger partial charge in [-0.15, -0.1) is 0 Å². The highest BCUT2D eigenvalue weighted by Gasteiger charge is 2.06. The van der Waals surface area contributed by atoms with Gasteiger partial charge >= 0.3 is 0 Å². The molecule has 0 aromatic heterocycles. The molecule has 6 heteroatoms. The highest BCUT2D eigenvalue weighted by molar-refractivity contribution is 7.99. The molecule has 0 radical (unpaired) electrons. The number of halogens is 1. The summed E-state index contributed by atoms with van der Waals surface area (Å²) in [6, 6.07) is 6.79. The van der Waals surface area contributed by atoms with Gasteiger partial charge in [-0.1, -0.05) is 18.5 Å². The van der Waals surface area contributed by atoms with E-state index in [0.717, 1.165) is 5.75 Å². The number of hydrogen-bond acceptors (Lipinski definition) is 4. The minimum Gasteiger partial charge on any atom is -0.330 e. The van der Waals surface area contributed by atoms with E-state index in [1.54, 1.807) is 30.0 Å². The third kappa shape index (κ3) is 5.52. The molecule has 4 nitrogen and oxygen atoms in total. The number of amides is 1. The van der Waals surface area contributed by atoms with E-state index in [2.05, 4.69) is 5.32 Å². The van der Waals surface area contributed by atoms with Crippen LogP contribution >= 0.6 is 23.4 Å². The van der Waals surface area contributed by atoms with Gasteiger partial charge < -0.3 is 11.1 Å². The number of nitrogens with zero attached hydrogens (tertiary/aromatic N) is 1. The maximum Gasteiger partial charge on any atom is 0.234 e. The second kappa shape index (κ2) is 8.05. The average Bonchev–Trinajstić information content (AvgIpc) is 2.38. The molecule has 102 valence electrons. The summed E-state index contributed by atoms with van der Waals surface area (Å²) in [5, 5.41) is 11.8. The zero-order chi connectivity index (χ0) is 14.3. The second-order valence-corrected chi connectivity index (χ2v) is 5.65. The summed E-state index contributed by atoms with van der Waals surface area (Å²) in [5.74, 6) is 1.55. The van der Waals surface area contributed by atoms with Crippen molar-refractivity contribution in [3.63, 3.8) is 0 Å². The third-order valence-electron chi connectivity index (χ3n) is 2.41. The van der Waals surface area contributed by atoms with E-state index in [-0.39, 0.29) is 5.91 Å². The van der Waals surface area contributed by atoms with Crippen molar-refractivity contribution in [3.05, 3.63) is 28.8 Å². The van der Waals surface area contributed by atoms with Crippen molar-refractivity contribution in [2.24, 2.45) is 11.7 Å². The van der Waals surface area contributed by atoms with Crippen LogP contribution in [0.25, 0.3) is 0 Å². The number of anilines is 1. The van der Waals surface area contributed by atoms with Crippen molar-refractivity contribution in [2.75, 3.05) is 23.4 Å². The Morgan fingerprint density at radius 2 is 2.37 bits per heavy atom. The Morgan fingerprint density at radius 3 is 2.95 bits per heavy atom. The summed E-state index contributed by atoms with van der Waals surface area (Å²) in [7, 11) is 0. The number of rotatable bonds is 6. The van der Waals surface area contributed by atoms with Gasteiger partial charge in [0.2, 0.25) is 5.91 Å². The van der Waals surface area contributed by atoms with Crippen molar-refractivity contribution in [3.8, 4) is 6.07 Å². The van der Waals surface area contributed by atoms with E-state index >= 15 is 0 Å². The van der Waals surface area contributed by atoms with Crippen molar-refractivity contribution in [1.82, 2.24) is 0 Å². The van der Waals surface area contributed by atoms with E-state index in [9.17, 15) is 4.79 Å². The van der Waals surface area contributed by atoms with Gasteiger partial charge in [0, 0.05) is 5.69 Å². The van der Waals surface area contributed by atoms with Gasteiger partial charge in [-0.2, -0.15) is 17.0 Å². The molecule has 0 heterocycles. The van der Waals surface area contributed by atoms with Crippen molar-refractivity contribution >= 4 is 35.0 Å². The molecular formula is C13H16ClN3OS. The average molecular weight is 298 g/mol. The molecule has 1 unspecified atom stereocenters. The predicted molar refractivity (Wildman–Crippen MR) is 80.3 cm³/mol. The largest absolute Gasteiger partial charge is 0.330 e. The molecule has 1 atom stereocenters. The number of nitrogens with one attached hydrogen (secondary N) is 1. The third-order valence-corrected chi connectivity index (χ3v) is 3.99. The molecule has 1 aromatic carbocycles. The Labute approximate surface area is 122 Å². The zero-order valence-electron chi connectivity index (χ0n) is 10.6. The monoisotopic (exact) mass is 297 g/mol. The zero-order valence-corrected chi connectivity index (χ0v) is 12.2. The molecule has 19 heavy (non-hydrogen) atoms. The van der Waals surface area contributed by atoms with Crippen LogP contribution in [0.15, 0.2) is 18.2 Å². The molecule has 0 aliphatic rings. The minimum atomic E-state index is -0.0880. The van der Waals surface area contributed by atoms with E-state index in [4.69, 9.17) is 22.6 Å². The quantitative estimate of drug-likeness (QED) is 0.845. The summed E-state index contributed by atoms with van der Waals surface area (Å²) in [4.78, 5) is 11.7. The van der Waals surface area contributed by atoms with Crippen molar-refractivity contribution < 1.29 is 4.79 Å². The maximum absolute atomic E-state index is 11.7. The van der Waals surface area contributed by atoms with E-state index < -0.39 is 0 Å². The van der Waals surface area contributed by atoms with Crippen LogP contribution in [0.2, 0.25) is 5.02 Å². The van der Waals surface area contributed by atoms with Gasteiger partial charge in [-0.05, 0) is 36.4 Å². The molecular weight excluding hydrogens is 282 g/mol. The Kier molecular flexibility index (Phi) is 6.71. The smallest absolute Gasteiger partial charge is 0.234 e. The first-order valence-corrected chi connectivity index (χ1v) is 7.37. The van der Waals surface area contributed by atoms with Gasteiger partial charge in [0.25, 0.3) is 0 Å². The number of nitrogens with two attached hydrogens (primary N) is 1. The Bertz CT molecular complexity index is 487. The fourth-order valence-corrected chi connectivity index (χ4v) is 2.44. The number of benzene rings is 1. The number of hydrogen-bond donors (Lipinski definition) is 2. The lowest BCUT2D eigenvalue weighted by Crippen LogP contribution is -2.17. The molecule has 0 bridgehead atoms. The number of thioether (sulfide) groups is 1. The first-order chi connectivity index (χ1) is 9.06. The first-order valence-electron chi connectivity index (χ1n) is 5.84. The highest BCUT2D eigenvalue weighted by Crippen LogP contribution is 2.20. The molecule has 0 fully saturated rings. The topological polar surface area (TPSA) is 78.9 Å². The van der Waals surface area contributed by atoms with Crippen LogP contribution in [0.5, 0.6) is 0 Å². The molecule has 0 aliphatic heterocycles. The fourth-order valence-electron chi connectivity index (χ4n) is 1.30.